The van der Waals surface area contributed by atoms with Gasteiger partial charge in [-0.15, -0.1) is 0 Å². The van der Waals surface area contributed by atoms with E-state index >= 15 is 0 Å². The van der Waals surface area contributed by atoms with Gasteiger partial charge in [0.1, 0.15) is 0 Å². The molecule has 0 N–H and O–H groups in total. The summed E-state index contributed by atoms with van der Waals surface area (Å²) in [6.45, 7) is 4.69. The molecular weight excluding hydrogens is 810 g/mol. The van der Waals surface area contributed by atoms with E-state index in [2.05, 4.69) is 283 Å². The molecule has 67 heavy (non-hydrogen) atoms. The molecule has 0 aliphatic carbocycles. The standard InChI is InChI=1S/C63H48BN3/c1-63(2,49-27-13-5-14-28-49)50-42-60-62-61(43-50)67(54-35-21-26-47(40-54)45-22-9-3-10-23-45)58-41-48(46-24-11-4-12-25-46)36-38-56(58)64(62)57-39-37-55(44-59(57)66(60)53-33-19-8-20-34-53)65(51-29-15-6-16-30-51)52-31-17-7-18-32-52/h3-44H,1-2H3. The Hall–Kier alpha value is -8.34. The fourth-order valence-electron chi connectivity index (χ4n) is 10.5. The van der Waals surface area contributed by atoms with E-state index in [1.165, 1.54) is 66.8 Å². The Morgan fingerprint density at radius 3 is 1.36 bits per heavy atom. The van der Waals surface area contributed by atoms with Gasteiger partial charge in [-0.1, -0.05) is 190 Å². The highest BCUT2D eigenvalue weighted by Crippen LogP contribution is 2.49. The van der Waals surface area contributed by atoms with Crippen molar-refractivity contribution in [1.82, 2.24) is 0 Å². The lowest BCUT2D eigenvalue weighted by molar-refractivity contribution is 0.641. The molecule has 0 saturated heterocycles. The summed E-state index contributed by atoms with van der Waals surface area (Å²) in [5.74, 6) is 0. The maximum atomic E-state index is 2.56. The van der Waals surface area contributed by atoms with Crippen molar-refractivity contribution in [3.05, 3.63) is 266 Å². The monoisotopic (exact) mass is 857 g/mol. The van der Waals surface area contributed by atoms with E-state index in [1.54, 1.807) is 0 Å². The molecule has 0 bridgehead atoms. The fourth-order valence-corrected chi connectivity index (χ4v) is 10.5. The Labute approximate surface area is 394 Å². The van der Waals surface area contributed by atoms with Crippen LogP contribution in [-0.2, 0) is 5.41 Å². The van der Waals surface area contributed by atoms with Crippen LogP contribution < -0.4 is 31.1 Å². The summed E-state index contributed by atoms with van der Waals surface area (Å²) in [5.41, 5.74) is 21.0. The minimum absolute atomic E-state index is 0.0572. The molecule has 0 fully saturated rings. The summed E-state index contributed by atoms with van der Waals surface area (Å²) in [4.78, 5) is 7.47. The first-order valence-corrected chi connectivity index (χ1v) is 23.3. The van der Waals surface area contributed by atoms with Crippen molar-refractivity contribution in [3.8, 4) is 22.3 Å². The second kappa shape index (κ2) is 16.6. The molecule has 10 aromatic carbocycles. The van der Waals surface area contributed by atoms with Crippen LogP contribution in [0.3, 0.4) is 0 Å². The zero-order valence-corrected chi connectivity index (χ0v) is 37.7. The van der Waals surface area contributed by atoms with E-state index in [9.17, 15) is 0 Å². The molecule has 0 spiro atoms. The average Bonchev–Trinajstić information content (AvgIpc) is 3.40. The Bertz CT molecular complexity index is 3340. The first-order chi connectivity index (χ1) is 33.0. The maximum absolute atomic E-state index is 2.56. The predicted molar refractivity (Wildman–Crippen MR) is 285 cm³/mol. The minimum Gasteiger partial charge on any atom is -0.311 e. The number of fused-ring (bicyclic) bond motifs is 4. The minimum atomic E-state index is -0.339. The SMILES string of the molecule is CC(C)(c1ccccc1)c1cc2c3c(c1)N(c1ccccc1)c1cc(N(c4ccccc4)c4ccccc4)ccc1B3c1ccc(-c3ccccc3)cc1N2c1cccc(-c2ccccc2)c1. The van der Waals surface area contributed by atoms with Crippen molar-refractivity contribution < 1.29 is 0 Å². The van der Waals surface area contributed by atoms with Gasteiger partial charge in [0.2, 0.25) is 0 Å². The Morgan fingerprint density at radius 2 is 0.776 bits per heavy atom. The number of rotatable bonds is 9. The molecule has 318 valence electrons. The summed E-state index contributed by atoms with van der Waals surface area (Å²) in [6.07, 6.45) is 0. The zero-order chi connectivity index (χ0) is 44.9. The fraction of sp³-hybridized carbons (Fsp3) is 0.0476. The summed E-state index contributed by atoms with van der Waals surface area (Å²) in [5, 5.41) is 0. The molecule has 2 aliphatic rings. The summed E-state index contributed by atoms with van der Waals surface area (Å²) in [7, 11) is 0. The lowest BCUT2D eigenvalue weighted by Crippen LogP contribution is -2.61. The largest absolute Gasteiger partial charge is 0.311 e. The van der Waals surface area contributed by atoms with Crippen LogP contribution in [0.1, 0.15) is 25.0 Å². The second-order valence-corrected chi connectivity index (χ2v) is 18.2. The van der Waals surface area contributed by atoms with Crippen LogP contribution in [0, 0.1) is 0 Å². The van der Waals surface area contributed by atoms with Gasteiger partial charge in [-0.05, 0) is 129 Å². The quantitative estimate of drug-likeness (QED) is 0.134. The number of benzene rings is 10. The van der Waals surface area contributed by atoms with Gasteiger partial charge in [0, 0.05) is 56.6 Å². The maximum Gasteiger partial charge on any atom is 0.252 e. The van der Waals surface area contributed by atoms with Gasteiger partial charge < -0.3 is 14.7 Å². The predicted octanol–water partition coefficient (Wildman–Crippen LogP) is 14.9. The van der Waals surface area contributed by atoms with E-state index in [4.69, 9.17) is 0 Å². The molecule has 12 rings (SSSR count). The first-order valence-electron chi connectivity index (χ1n) is 23.3. The first kappa shape index (κ1) is 40.2. The lowest BCUT2D eigenvalue weighted by atomic mass is 9.33. The topological polar surface area (TPSA) is 9.72 Å². The van der Waals surface area contributed by atoms with Crippen LogP contribution in [0.4, 0.5) is 51.2 Å². The highest BCUT2D eigenvalue weighted by Gasteiger charge is 2.45. The summed E-state index contributed by atoms with van der Waals surface area (Å²) < 4.78 is 0. The van der Waals surface area contributed by atoms with Crippen LogP contribution >= 0.6 is 0 Å². The molecule has 0 aromatic heterocycles. The highest BCUT2D eigenvalue weighted by atomic mass is 15.2. The Balaban J connectivity index is 1.18. The molecule has 0 radical (unpaired) electrons. The van der Waals surface area contributed by atoms with E-state index in [0.29, 0.717) is 0 Å². The number of anilines is 9. The van der Waals surface area contributed by atoms with Crippen LogP contribution in [0.2, 0.25) is 0 Å². The number of hydrogen-bond donors (Lipinski definition) is 0. The summed E-state index contributed by atoms with van der Waals surface area (Å²) in [6, 6.07) is 93.4. The van der Waals surface area contributed by atoms with Gasteiger partial charge in [-0.3, -0.25) is 0 Å². The van der Waals surface area contributed by atoms with Crippen LogP contribution in [0.5, 0.6) is 0 Å². The van der Waals surface area contributed by atoms with Gasteiger partial charge in [0.25, 0.3) is 6.71 Å². The van der Waals surface area contributed by atoms with Crippen LogP contribution in [-0.4, -0.2) is 6.71 Å². The van der Waals surface area contributed by atoms with E-state index in [0.717, 1.165) is 34.1 Å². The normalized spacial score (nSPS) is 12.5. The van der Waals surface area contributed by atoms with Crippen molar-refractivity contribution in [2.24, 2.45) is 0 Å². The third kappa shape index (κ3) is 7.01. The van der Waals surface area contributed by atoms with Crippen LogP contribution in [0.25, 0.3) is 22.3 Å². The Kier molecular flexibility index (Phi) is 9.95. The molecule has 0 amide bonds. The smallest absolute Gasteiger partial charge is 0.252 e. The molecule has 10 aromatic rings. The van der Waals surface area contributed by atoms with E-state index < -0.39 is 0 Å². The molecule has 0 unspecified atom stereocenters. The highest BCUT2D eigenvalue weighted by molar-refractivity contribution is 7.00. The molecule has 0 saturated carbocycles. The number of hydrogen-bond acceptors (Lipinski definition) is 3. The van der Waals surface area contributed by atoms with Crippen molar-refractivity contribution >= 4 is 74.3 Å². The van der Waals surface area contributed by atoms with Crippen molar-refractivity contribution in [1.29, 1.82) is 0 Å². The zero-order valence-electron chi connectivity index (χ0n) is 37.7. The summed E-state index contributed by atoms with van der Waals surface area (Å²) >= 11 is 0. The van der Waals surface area contributed by atoms with Crippen molar-refractivity contribution in [3.63, 3.8) is 0 Å². The molecule has 2 heterocycles. The molecule has 0 atom stereocenters. The number of nitrogens with zero attached hydrogens (tertiary/aromatic N) is 3. The second-order valence-electron chi connectivity index (χ2n) is 18.2. The third-order valence-electron chi connectivity index (χ3n) is 13.9. The third-order valence-corrected chi connectivity index (χ3v) is 13.9. The number of para-hydroxylation sites is 3. The molecular formula is C63H48BN3. The Morgan fingerprint density at radius 1 is 0.328 bits per heavy atom. The van der Waals surface area contributed by atoms with Gasteiger partial charge in [-0.2, -0.15) is 0 Å². The van der Waals surface area contributed by atoms with E-state index in [-0.39, 0.29) is 12.1 Å². The van der Waals surface area contributed by atoms with Gasteiger partial charge >= 0.3 is 0 Å². The van der Waals surface area contributed by atoms with Gasteiger partial charge in [0.05, 0.1) is 0 Å². The van der Waals surface area contributed by atoms with Crippen LogP contribution in [0.15, 0.2) is 255 Å². The van der Waals surface area contributed by atoms with Gasteiger partial charge in [0.15, 0.2) is 0 Å². The lowest BCUT2D eigenvalue weighted by Gasteiger charge is -2.45. The van der Waals surface area contributed by atoms with Crippen molar-refractivity contribution in [2.45, 2.75) is 19.3 Å². The van der Waals surface area contributed by atoms with E-state index in [1.807, 2.05) is 0 Å². The van der Waals surface area contributed by atoms with Crippen molar-refractivity contribution in [2.75, 3.05) is 14.7 Å². The molecule has 2 aliphatic heterocycles. The molecule has 3 nitrogen and oxygen atoms in total. The average molecular weight is 858 g/mol. The molecule has 4 heteroatoms. The van der Waals surface area contributed by atoms with Gasteiger partial charge in [-0.25, -0.2) is 0 Å².